The van der Waals surface area contributed by atoms with E-state index in [-0.39, 0.29) is 11.5 Å². The third kappa shape index (κ3) is 10.5. The third-order valence-electron chi connectivity index (χ3n) is 5.96. The summed E-state index contributed by atoms with van der Waals surface area (Å²) >= 11 is 6.44. The molecule has 1 heterocycles. The Kier molecular flexibility index (Phi) is 15.7. The molecule has 0 bridgehead atoms. The van der Waals surface area contributed by atoms with Crippen LogP contribution in [-0.4, -0.2) is 42.8 Å². The molecule has 6 atom stereocenters. The number of hydrogen-bond donors (Lipinski definition) is 4. The highest BCUT2D eigenvalue weighted by atomic mass is 33.1. The van der Waals surface area contributed by atoms with Crippen molar-refractivity contribution >= 4 is 23.3 Å². The molecule has 0 aromatic heterocycles. The minimum atomic E-state index is -0.670. The number of aliphatic hydroxyl groups is 1. The van der Waals surface area contributed by atoms with Crippen molar-refractivity contribution < 1.29 is 14.6 Å². The van der Waals surface area contributed by atoms with Crippen LogP contribution in [0.25, 0.3) is 0 Å². The molecule has 6 unspecified atom stereocenters. The lowest BCUT2D eigenvalue weighted by molar-refractivity contribution is -0.154. The van der Waals surface area contributed by atoms with Crippen molar-refractivity contribution in [1.29, 1.82) is 0 Å². The molecule has 0 spiro atoms. The first-order valence-electron chi connectivity index (χ1n) is 11.1. The molecular formula is C22H47NO3S2. The first kappa shape index (κ1) is 28.5. The lowest BCUT2D eigenvalue weighted by atomic mass is 9.66. The van der Waals surface area contributed by atoms with Gasteiger partial charge < -0.3 is 19.9 Å². The topological polar surface area (TPSA) is 50.7 Å². The van der Waals surface area contributed by atoms with Gasteiger partial charge in [-0.15, -0.1) is 23.3 Å². The zero-order chi connectivity index (χ0) is 21.7. The molecule has 2 aliphatic rings. The standard InChI is InChI=1S/C20H39NO3.C2H6.H2S2/c1-14-9-10-16-7-6-8-17(18(16)13-24-14)15(2)19(22)23-12-11-21-20(3,4)5;2*1-2/h14-19,21-22H,6-13H2,1-5H3;1-2H3;1-2H. The van der Waals surface area contributed by atoms with Gasteiger partial charge in [-0.3, -0.25) is 0 Å². The summed E-state index contributed by atoms with van der Waals surface area (Å²) < 4.78 is 11.8. The maximum Gasteiger partial charge on any atom is 0.157 e. The van der Waals surface area contributed by atoms with Gasteiger partial charge in [-0.25, -0.2) is 0 Å². The van der Waals surface area contributed by atoms with Crippen molar-refractivity contribution in [1.82, 2.24) is 5.32 Å². The van der Waals surface area contributed by atoms with E-state index in [1.165, 1.54) is 32.1 Å². The second kappa shape index (κ2) is 15.4. The summed E-state index contributed by atoms with van der Waals surface area (Å²) in [5.41, 5.74) is 0.0882. The molecule has 170 valence electrons. The van der Waals surface area contributed by atoms with Crippen LogP contribution in [0.3, 0.4) is 0 Å². The normalized spacial score (nSPS) is 29.8. The van der Waals surface area contributed by atoms with Crippen LogP contribution in [0.5, 0.6) is 0 Å². The van der Waals surface area contributed by atoms with Crippen LogP contribution < -0.4 is 5.32 Å². The maximum atomic E-state index is 10.5. The molecule has 0 aromatic rings. The van der Waals surface area contributed by atoms with Gasteiger partial charge in [-0.1, -0.05) is 33.6 Å². The highest BCUT2D eigenvalue weighted by molar-refractivity contribution is 8.59. The Labute approximate surface area is 185 Å². The summed E-state index contributed by atoms with van der Waals surface area (Å²) in [6, 6.07) is 0. The zero-order valence-electron chi connectivity index (χ0n) is 19.3. The summed E-state index contributed by atoms with van der Waals surface area (Å²) in [5.74, 6) is 2.04. The largest absolute Gasteiger partial charge is 0.378 e. The fourth-order valence-electron chi connectivity index (χ4n) is 4.44. The van der Waals surface area contributed by atoms with E-state index in [0.717, 1.165) is 19.1 Å². The van der Waals surface area contributed by atoms with Crippen LogP contribution in [-0.2, 0) is 9.47 Å². The number of ether oxygens (including phenoxy) is 2. The number of hydrogen-bond acceptors (Lipinski definition) is 6. The van der Waals surface area contributed by atoms with E-state index < -0.39 is 6.29 Å². The minimum Gasteiger partial charge on any atom is -0.378 e. The summed E-state index contributed by atoms with van der Waals surface area (Å²) in [4.78, 5) is 0. The van der Waals surface area contributed by atoms with Crippen LogP contribution in [0.2, 0.25) is 0 Å². The van der Waals surface area contributed by atoms with E-state index in [4.69, 9.17) is 9.47 Å². The molecule has 1 aliphatic heterocycles. The Morgan fingerprint density at radius 3 is 2.39 bits per heavy atom. The lowest BCUT2D eigenvalue weighted by Gasteiger charge is -2.41. The number of rotatable bonds is 6. The van der Waals surface area contributed by atoms with Crippen molar-refractivity contribution in [2.75, 3.05) is 19.8 Å². The zero-order valence-corrected chi connectivity index (χ0v) is 21.1. The Hall–Kier alpha value is 0.540. The first-order chi connectivity index (χ1) is 13.3. The highest BCUT2D eigenvalue weighted by Gasteiger charge is 2.40. The second-order valence-corrected chi connectivity index (χ2v) is 9.04. The van der Waals surface area contributed by atoms with E-state index in [9.17, 15) is 5.11 Å². The molecule has 2 N–H and O–H groups in total. The molecule has 2 fully saturated rings. The van der Waals surface area contributed by atoms with E-state index in [1.807, 2.05) is 13.8 Å². The predicted molar refractivity (Wildman–Crippen MR) is 127 cm³/mol. The van der Waals surface area contributed by atoms with E-state index >= 15 is 0 Å². The molecule has 2 rings (SSSR count). The number of thiol groups is 2. The Balaban J connectivity index is 0.00000171. The van der Waals surface area contributed by atoms with E-state index in [1.54, 1.807) is 0 Å². The molecule has 1 saturated carbocycles. The summed E-state index contributed by atoms with van der Waals surface area (Å²) in [6.07, 6.45) is 5.98. The van der Waals surface area contributed by atoms with Gasteiger partial charge in [0.2, 0.25) is 0 Å². The van der Waals surface area contributed by atoms with Crippen molar-refractivity contribution in [3.05, 3.63) is 0 Å². The maximum absolute atomic E-state index is 10.5. The monoisotopic (exact) mass is 437 g/mol. The molecule has 4 nitrogen and oxygen atoms in total. The van der Waals surface area contributed by atoms with Crippen molar-refractivity contribution in [3.8, 4) is 0 Å². The van der Waals surface area contributed by atoms with Gasteiger partial charge in [0.15, 0.2) is 6.29 Å². The Morgan fingerprint density at radius 1 is 1.14 bits per heavy atom. The molecule has 28 heavy (non-hydrogen) atoms. The third-order valence-corrected chi connectivity index (χ3v) is 5.96. The summed E-state index contributed by atoms with van der Waals surface area (Å²) in [6.45, 7) is 16.9. The van der Waals surface area contributed by atoms with Crippen LogP contribution in [0.4, 0.5) is 0 Å². The fraction of sp³-hybridized carbons (Fsp3) is 1.00. The van der Waals surface area contributed by atoms with Gasteiger partial charge in [-0.05, 0) is 64.7 Å². The van der Waals surface area contributed by atoms with E-state index in [0.29, 0.717) is 24.5 Å². The van der Waals surface area contributed by atoms with Gasteiger partial charge in [-0.2, -0.15) is 0 Å². The molecule has 6 heteroatoms. The Bertz CT molecular complexity index is 379. The van der Waals surface area contributed by atoms with Crippen molar-refractivity contribution in [2.24, 2.45) is 23.7 Å². The molecule has 0 aromatic carbocycles. The van der Waals surface area contributed by atoms with Crippen LogP contribution in [0, 0.1) is 23.7 Å². The lowest BCUT2D eigenvalue weighted by Crippen LogP contribution is -2.41. The average Bonchev–Trinajstić information content (AvgIpc) is 2.88. The smallest absolute Gasteiger partial charge is 0.157 e. The van der Waals surface area contributed by atoms with Crippen molar-refractivity contribution in [3.63, 3.8) is 0 Å². The molecule has 1 aliphatic carbocycles. The van der Waals surface area contributed by atoms with Gasteiger partial charge >= 0.3 is 0 Å². The number of aliphatic hydroxyl groups excluding tert-OH is 1. The summed E-state index contributed by atoms with van der Waals surface area (Å²) in [5, 5.41) is 13.9. The quantitative estimate of drug-likeness (QED) is 0.195. The second-order valence-electron chi connectivity index (χ2n) is 9.04. The van der Waals surface area contributed by atoms with Crippen LogP contribution >= 0.6 is 23.3 Å². The molecule has 1 saturated heterocycles. The molecular weight excluding hydrogens is 390 g/mol. The Morgan fingerprint density at radius 2 is 1.79 bits per heavy atom. The highest BCUT2D eigenvalue weighted by Crippen LogP contribution is 2.44. The van der Waals surface area contributed by atoms with Gasteiger partial charge in [0.1, 0.15) is 0 Å². The minimum absolute atomic E-state index is 0.0882. The van der Waals surface area contributed by atoms with Gasteiger partial charge in [0.25, 0.3) is 0 Å². The van der Waals surface area contributed by atoms with Crippen molar-refractivity contribution in [2.45, 2.75) is 98.5 Å². The number of nitrogens with one attached hydrogen (secondary N) is 1. The molecule has 0 radical (unpaired) electrons. The predicted octanol–water partition coefficient (Wildman–Crippen LogP) is 5.36. The molecule has 0 amide bonds. The SMILES string of the molecule is CC.CC1CCC2CCCC(C(C)C(O)OCCNC(C)(C)C)C2CO1.SS. The van der Waals surface area contributed by atoms with Crippen LogP contribution in [0.1, 0.15) is 80.6 Å². The van der Waals surface area contributed by atoms with Gasteiger partial charge in [0, 0.05) is 18.0 Å². The number of fused-ring (bicyclic) bond motifs is 1. The fourth-order valence-corrected chi connectivity index (χ4v) is 4.44. The first-order valence-corrected chi connectivity index (χ1v) is 12.7. The van der Waals surface area contributed by atoms with Crippen LogP contribution in [0.15, 0.2) is 0 Å². The van der Waals surface area contributed by atoms with E-state index in [2.05, 4.69) is 63.3 Å². The summed E-state index contributed by atoms with van der Waals surface area (Å²) in [7, 11) is 0. The van der Waals surface area contributed by atoms with Gasteiger partial charge in [0.05, 0.1) is 19.3 Å². The average molecular weight is 438 g/mol.